The molecule has 0 spiro atoms. The number of hydrogen-bond acceptors (Lipinski definition) is 3. The largest absolute Gasteiger partial charge is 0.356 e. The Morgan fingerprint density at radius 2 is 2.16 bits per heavy atom. The maximum absolute atomic E-state index is 4.82. The maximum atomic E-state index is 4.82. The summed E-state index contributed by atoms with van der Waals surface area (Å²) in [6.45, 7) is 7.77. The molecule has 19 heavy (non-hydrogen) atoms. The van der Waals surface area contributed by atoms with Crippen LogP contribution in [0.25, 0.3) is 0 Å². The van der Waals surface area contributed by atoms with E-state index in [2.05, 4.69) is 36.2 Å². The van der Waals surface area contributed by atoms with Crippen LogP contribution < -0.4 is 10.2 Å². The van der Waals surface area contributed by atoms with Crippen LogP contribution in [0.3, 0.4) is 0 Å². The topological polar surface area (TPSA) is 28.2 Å². The first-order valence-electron chi connectivity index (χ1n) is 7.67. The number of rotatable bonds is 4. The standard InChI is InChI=1S/C16H25N3/c1-12-4-3-9-19(11-12)16-8-5-14(13(2)18-16)10-17-15-6-7-15/h5,8,12,15,17H,3-4,6-7,9-11H2,1-2H3. The lowest BCUT2D eigenvalue weighted by Gasteiger charge is -2.32. The van der Waals surface area contributed by atoms with Gasteiger partial charge < -0.3 is 10.2 Å². The molecule has 1 aliphatic carbocycles. The fourth-order valence-electron chi connectivity index (χ4n) is 2.88. The molecule has 3 nitrogen and oxygen atoms in total. The van der Waals surface area contributed by atoms with E-state index in [9.17, 15) is 0 Å². The Bertz CT molecular complexity index is 440. The van der Waals surface area contributed by atoms with Crippen molar-refractivity contribution in [1.82, 2.24) is 10.3 Å². The fraction of sp³-hybridized carbons (Fsp3) is 0.688. The molecule has 2 aliphatic rings. The molecule has 2 fully saturated rings. The van der Waals surface area contributed by atoms with Crippen molar-refractivity contribution in [3.05, 3.63) is 23.4 Å². The van der Waals surface area contributed by atoms with Crippen molar-refractivity contribution in [3.63, 3.8) is 0 Å². The van der Waals surface area contributed by atoms with Gasteiger partial charge in [0.1, 0.15) is 5.82 Å². The Balaban J connectivity index is 1.67. The van der Waals surface area contributed by atoms with E-state index in [1.807, 2.05) is 0 Å². The number of anilines is 1. The summed E-state index contributed by atoms with van der Waals surface area (Å²) in [7, 11) is 0. The van der Waals surface area contributed by atoms with Crippen molar-refractivity contribution in [2.45, 2.75) is 52.1 Å². The van der Waals surface area contributed by atoms with Gasteiger partial charge in [-0.25, -0.2) is 4.98 Å². The Labute approximate surface area is 116 Å². The van der Waals surface area contributed by atoms with Gasteiger partial charge >= 0.3 is 0 Å². The van der Waals surface area contributed by atoms with Gasteiger partial charge in [0.25, 0.3) is 0 Å². The molecule has 1 N–H and O–H groups in total. The van der Waals surface area contributed by atoms with Crippen LogP contribution in [0.2, 0.25) is 0 Å². The van der Waals surface area contributed by atoms with Crippen LogP contribution in [0.1, 0.15) is 43.9 Å². The average Bonchev–Trinajstić information content (AvgIpc) is 3.21. The quantitative estimate of drug-likeness (QED) is 0.901. The lowest BCUT2D eigenvalue weighted by molar-refractivity contribution is 0.444. The van der Waals surface area contributed by atoms with E-state index >= 15 is 0 Å². The summed E-state index contributed by atoms with van der Waals surface area (Å²) in [4.78, 5) is 7.26. The lowest BCUT2D eigenvalue weighted by atomic mass is 10.0. The van der Waals surface area contributed by atoms with Gasteiger partial charge in [0.05, 0.1) is 0 Å². The highest BCUT2D eigenvalue weighted by atomic mass is 15.2. The lowest BCUT2D eigenvalue weighted by Crippen LogP contribution is -2.35. The summed E-state index contributed by atoms with van der Waals surface area (Å²) in [5.74, 6) is 1.96. The van der Waals surface area contributed by atoms with E-state index in [0.717, 1.165) is 31.6 Å². The van der Waals surface area contributed by atoms with Crippen molar-refractivity contribution in [2.24, 2.45) is 5.92 Å². The van der Waals surface area contributed by atoms with Crippen molar-refractivity contribution in [1.29, 1.82) is 0 Å². The monoisotopic (exact) mass is 259 g/mol. The summed E-state index contributed by atoms with van der Waals surface area (Å²) < 4.78 is 0. The Hall–Kier alpha value is -1.09. The SMILES string of the molecule is Cc1nc(N2CCCC(C)C2)ccc1CNC1CC1. The molecule has 1 aromatic heterocycles. The third kappa shape index (κ3) is 3.27. The average molecular weight is 259 g/mol. The molecule has 1 aromatic rings. The smallest absolute Gasteiger partial charge is 0.128 e. The van der Waals surface area contributed by atoms with Crippen LogP contribution in [0, 0.1) is 12.8 Å². The predicted octanol–water partition coefficient (Wildman–Crippen LogP) is 2.88. The van der Waals surface area contributed by atoms with Gasteiger partial charge in [0.15, 0.2) is 0 Å². The minimum Gasteiger partial charge on any atom is -0.356 e. The number of nitrogens with one attached hydrogen (secondary N) is 1. The minimum absolute atomic E-state index is 0.766. The zero-order chi connectivity index (χ0) is 13.2. The van der Waals surface area contributed by atoms with Crippen molar-refractivity contribution < 1.29 is 0 Å². The summed E-state index contributed by atoms with van der Waals surface area (Å²) in [6, 6.07) is 5.23. The van der Waals surface area contributed by atoms with Crippen LogP contribution in [0.5, 0.6) is 0 Å². The highest BCUT2D eigenvalue weighted by Gasteiger charge is 2.21. The second-order valence-electron chi connectivity index (χ2n) is 6.26. The van der Waals surface area contributed by atoms with Crippen LogP contribution in [-0.2, 0) is 6.54 Å². The van der Waals surface area contributed by atoms with Crippen LogP contribution in [-0.4, -0.2) is 24.1 Å². The Morgan fingerprint density at radius 3 is 2.84 bits per heavy atom. The number of aromatic nitrogens is 1. The van der Waals surface area contributed by atoms with Gasteiger partial charge in [0.2, 0.25) is 0 Å². The van der Waals surface area contributed by atoms with E-state index < -0.39 is 0 Å². The van der Waals surface area contributed by atoms with Gasteiger partial charge in [-0.2, -0.15) is 0 Å². The first kappa shape index (κ1) is 12.9. The van der Waals surface area contributed by atoms with Crippen molar-refractivity contribution in [3.8, 4) is 0 Å². The Kier molecular flexibility index (Phi) is 3.74. The second-order valence-corrected chi connectivity index (χ2v) is 6.26. The normalized spacial score (nSPS) is 23.7. The summed E-state index contributed by atoms with van der Waals surface area (Å²) in [5.41, 5.74) is 2.53. The van der Waals surface area contributed by atoms with Gasteiger partial charge in [-0.05, 0) is 50.2 Å². The second kappa shape index (κ2) is 5.49. The first-order chi connectivity index (χ1) is 9.22. The highest BCUT2D eigenvalue weighted by Crippen LogP contribution is 2.23. The molecule has 0 amide bonds. The molecule has 0 bridgehead atoms. The first-order valence-corrected chi connectivity index (χ1v) is 7.67. The molecular formula is C16H25N3. The minimum atomic E-state index is 0.766. The molecular weight excluding hydrogens is 234 g/mol. The number of piperidine rings is 1. The molecule has 1 saturated heterocycles. The van der Waals surface area contributed by atoms with Gasteiger partial charge in [-0.3, -0.25) is 0 Å². The zero-order valence-electron chi connectivity index (χ0n) is 12.2. The molecule has 0 radical (unpaired) electrons. The summed E-state index contributed by atoms with van der Waals surface area (Å²) in [5, 5.41) is 3.57. The van der Waals surface area contributed by atoms with Gasteiger partial charge in [-0.1, -0.05) is 13.0 Å². The van der Waals surface area contributed by atoms with Crippen LogP contribution in [0.15, 0.2) is 12.1 Å². The number of aryl methyl sites for hydroxylation is 1. The predicted molar refractivity (Wildman–Crippen MR) is 79.4 cm³/mol. The van der Waals surface area contributed by atoms with E-state index in [4.69, 9.17) is 4.98 Å². The number of nitrogens with zero attached hydrogens (tertiary/aromatic N) is 2. The third-order valence-electron chi connectivity index (χ3n) is 4.32. The van der Waals surface area contributed by atoms with E-state index in [1.54, 1.807) is 0 Å². The maximum Gasteiger partial charge on any atom is 0.128 e. The van der Waals surface area contributed by atoms with Gasteiger partial charge in [-0.15, -0.1) is 0 Å². The molecule has 1 unspecified atom stereocenters. The van der Waals surface area contributed by atoms with E-state index in [-0.39, 0.29) is 0 Å². The highest BCUT2D eigenvalue weighted by molar-refractivity contribution is 5.42. The van der Waals surface area contributed by atoms with Crippen molar-refractivity contribution in [2.75, 3.05) is 18.0 Å². The fourth-order valence-corrected chi connectivity index (χ4v) is 2.88. The molecule has 3 rings (SSSR count). The van der Waals surface area contributed by atoms with E-state index in [1.165, 1.54) is 42.8 Å². The zero-order valence-corrected chi connectivity index (χ0v) is 12.2. The molecule has 1 atom stereocenters. The molecule has 1 aliphatic heterocycles. The molecule has 104 valence electrons. The molecule has 0 aromatic carbocycles. The molecule has 1 saturated carbocycles. The summed E-state index contributed by atoms with van der Waals surface area (Å²) >= 11 is 0. The van der Waals surface area contributed by atoms with Crippen LogP contribution >= 0.6 is 0 Å². The summed E-state index contributed by atoms with van der Waals surface area (Å²) in [6.07, 6.45) is 5.35. The molecule has 3 heteroatoms. The van der Waals surface area contributed by atoms with E-state index in [0.29, 0.717) is 0 Å². The number of hydrogen-bond donors (Lipinski definition) is 1. The van der Waals surface area contributed by atoms with Gasteiger partial charge in [0, 0.05) is 31.4 Å². The number of pyridine rings is 1. The van der Waals surface area contributed by atoms with Crippen LogP contribution in [0.4, 0.5) is 5.82 Å². The molecule has 2 heterocycles. The van der Waals surface area contributed by atoms with Crippen molar-refractivity contribution >= 4 is 5.82 Å². The third-order valence-corrected chi connectivity index (χ3v) is 4.32. The Morgan fingerprint density at radius 1 is 1.32 bits per heavy atom.